The van der Waals surface area contributed by atoms with E-state index in [4.69, 9.17) is 4.74 Å². The molecular formula is C17H18N4O2. The van der Waals surface area contributed by atoms with Crippen LogP contribution < -0.4 is 0 Å². The molecule has 0 N–H and O–H groups in total. The Morgan fingerprint density at radius 2 is 2.13 bits per heavy atom. The summed E-state index contributed by atoms with van der Waals surface area (Å²) in [6.45, 7) is 6.05. The number of ether oxygens (including phenoxy) is 1. The summed E-state index contributed by atoms with van der Waals surface area (Å²) >= 11 is 0. The molecule has 0 aliphatic heterocycles. The number of fused-ring (bicyclic) bond motifs is 1. The zero-order valence-corrected chi connectivity index (χ0v) is 13.4. The van der Waals surface area contributed by atoms with Gasteiger partial charge in [-0.2, -0.15) is 5.10 Å². The average Bonchev–Trinajstić information content (AvgIpc) is 2.94. The maximum Gasteiger partial charge on any atom is 0.344 e. The highest BCUT2D eigenvalue weighted by atomic mass is 16.5. The molecule has 3 rings (SSSR count). The van der Waals surface area contributed by atoms with Gasteiger partial charge < -0.3 is 4.74 Å². The molecule has 6 nitrogen and oxygen atoms in total. The van der Waals surface area contributed by atoms with Gasteiger partial charge in [0.15, 0.2) is 5.65 Å². The maximum atomic E-state index is 12.4. The number of aromatic nitrogens is 4. The molecule has 23 heavy (non-hydrogen) atoms. The number of carbonyl (C=O) groups is 1. The van der Waals surface area contributed by atoms with Crippen LogP contribution in [0.15, 0.2) is 30.6 Å². The minimum absolute atomic E-state index is 0.300. The van der Waals surface area contributed by atoms with E-state index in [1.54, 1.807) is 29.9 Å². The molecule has 0 saturated heterocycles. The second-order valence-corrected chi connectivity index (χ2v) is 5.12. The van der Waals surface area contributed by atoms with Crippen LogP contribution in [0.4, 0.5) is 0 Å². The molecule has 3 aromatic heterocycles. The van der Waals surface area contributed by atoms with Crippen molar-refractivity contribution in [3.05, 3.63) is 47.5 Å². The van der Waals surface area contributed by atoms with Gasteiger partial charge >= 0.3 is 5.97 Å². The molecule has 3 heterocycles. The Hall–Kier alpha value is -2.76. The van der Waals surface area contributed by atoms with Crippen molar-refractivity contribution in [3.8, 4) is 11.3 Å². The fraction of sp³-hybridized carbons (Fsp3) is 0.294. The Morgan fingerprint density at radius 3 is 2.83 bits per heavy atom. The molecule has 0 aliphatic carbocycles. The van der Waals surface area contributed by atoms with Crippen molar-refractivity contribution in [2.45, 2.75) is 27.2 Å². The first kappa shape index (κ1) is 15.1. The second kappa shape index (κ2) is 6.16. The zero-order chi connectivity index (χ0) is 16.4. The summed E-state index contributed by atoms with van der Waals surface area (Å²) in [5.74, 6) is -0.421. The van der Waals surface area contributed by atoms with Gasteiger partial charge in [0.1, 0.15) is 11.3 Å². The van der Waals surface area contributed by atoms with Crippen molar-refractivity contribution in [3.63, 3.8) is 0 Å². The van der Waals surface area contributed by atoms with Gasteiger partial charge in [0, 0.05) is 29.3 Å². The molecule has 118 valence electrons. The second-order valence-electron chi connectivity index (χ2n) is 5.12. The molecule has 0 fully saturated rings. The van der Waals surface area contributed by atoms with Crippen LogP contribution in [-0.2, 0) is 11.2 Å². The van der Waals surface area contributed by atoms with Crippen molar-refractivity contribution >= 4 is 11.6 Å². The lowest BCUT2D eigenvalue weighted by molar-refractivity contribution is 0.0529. The quantitative estimate of drug-likeness (QED) is 0.693. The van der Waals surface area contributed by atoms with E-state index in [-0.39, 0.29) is 0 Å². The summed E-state index contributed by atoms with van der Waals surface area (Å²) in [5, 5.41) is 4.52. The number of hydrogen-bond acceptors (Lipinski definition) is 5. The van der Waals surface area contributed by atoms with Crippen molar-refractivity contribution in [2.24, 2.45) is 0 Å². The molecule has 0 aliphatic rings. The number of esters is 1. The minimum Gasteiger partial charge on any atom is -0.462 e. The molecule has 0 aromatic carbocycles. The summed E-state index contributed by atoms with van der Waals surface area (Å²) in [4.78, 5) is 21.2. The van der Waals surface area contributed by atoms with Gasteiger partial charge in [0.25, 0.3) is 0 Å². The number of hydrogen-bond donors (Lipinski definition) is 0. The predicted octanol–water partition coefficient (Wildman–Crippen LogP) is 2.84. The molecule has 0 unspecified atom stereocenters. The lowest BCUT2D eigenvalue weighted by atomic mass is 10.1. The zero-order valence-electron chi connectivity index (χ0n) is 13.4. The van der Waals surface area contributed by atoms with Gasteiger partial charge in [-0.3, -0.25) is 4.98 Å². The number of aryl methyl sites for hydroxylation is 2. The highest BCUT2D eigenvalue weighted by molar-refractivity contribution is 6.02. The molecule has 0 amide bonds. The number of pyridine rings is 1. The molecular weight excluding hydrogens is 292 g/mol. The van der Waals surface area contributed by atoms with Gasteiger partial charge in [-0.05, 0) is 38.5 Å². The monoisotopic (exact) mass is 310 g/mol. The largest absolute Gasteiger partial charge is 0.462 e. The van der Waals surface area contributed by atoms with E-state index >= 15 is 0 Å². The van der Waals surface area contributed by atoms with E-state index in [1.807, 2.05) is 19.1 Å². The first-order chi connectivity index (χ1) is 11.2. The van der Waals surface area contributed by atoms with E-state index in [0.717, 1.165) is 23.4 Å². The molecule has 6 heteroatoms. The van der Waals surface area contributed by atoms with Crippen LogP contribution in [0.1, 0.15) is 35.6 Å². The van der Waals surface area contributed by atoms with Crippen molar-refractivity contribution in [1.82, 2.24) is 19.6 Å². The van der Waals surface area contributed by atoms with Gasteiger partial charge in [0.05, 0.1) is 6.61 Å². The predicted molar refractivity (Wildman–Crippen MR) is 86.3 cm³/mol. The Kier molecular flexibility index (Phi) is 4.06. The number of carbonyl (C=O) groups excluding carboxylic acids is 1. The van der Waals surface area contributed by atoms with Crippen LogP contribution >= 0.6 is 0 Å². The van der Waals surface area contributed by atoms with Crippen molar-refractivity contribution < 1.29 is 9.53 Å². The molecule has 0 radical (unpaired) electrons. The van der Waals surface area contributed by atoms with Crippen LogP contribution in [0.25, 0.3) is 16.9 Å². The van der Waals surface area contributed by atoms with Gasteiger partial charge in [0.2, 0.25) is 0 Å². The summed E-state index contributed by atoms with van der Waals surface area (Å²) in [6.07, 6.45) is 4.26. The molecule has 3 aromatic rings. The third-order valence-corrected chi connectivity index (χ3v) is 3.64. The Morgan fingerprint density at radius 1 is 1.30 bits per heavy atom. The van der Waals surface area contributed by atoms with Crippen LogP contribution in [-0.4, -0.2) is 32.2 Å². The Balaban J connectivity index is 2.24. The maximum absolute atomic E-state index is 12.4. The smallest absolute Gasteiger partial charge is 0.344 e. The third-order valence-electron chi connectivity index (χ3n) is 3.64. The summed E-state index contributed by atoms with van der Waals surface area (Å²) < 4.78 is 6.78. The van der Waals surface area contributed by atoms with Crippen LogP contribution in [0, 0.1) is 6.92 Å². The lowest BCUT2D eigenvalue weighted by Crippen LogP contribution is -2.07. The standard InChI is InChI=1S/C17H18N4O2/c1-4-12-7-8-13(11(3)19-12)15-14(17(22)23-5-2)16-18-9-6-10-21(16)20-15/h6-10H,4-5H2,1-3H3. The molecule has 0 bridgehead atoms. The highest BCUT2D eigenvalue weighted by Gasteiger charge is 2.24. The minimum atomic E-state index is -0.421. The average molecular weight is 310 g/mol. The van der Waals surface area contributed by atoms with Gasteiger partial charge in [-0.25, -0.2) is 14.3 Å². The molecule has 0 spiro atoms. The van der Waals surface area contributed by atoms with Crippen molar-refractivity contribution in [2.75, 3.05) is 6.61 Å². The Bertz CT molecular complexity index is 870. The molecule has 0 saturated carbocycles. The van der Waals surface area contributed by atoms with Crippen molar-refractivity contribution in [1.29, 1.82) is 0 Å². The number of nitrogens with zero attached hydrogens (tertiary/aromatic N) is 4. The fourth-order valence-corrected chi connectivity index (χ4v) is 2.53. The van der Waals surface area contributed by atoms with E-state index in [2.05, 4.69) is 22.0 Å². The summed E-state index contributed by atoms with van der Waals surface area (Å²) in [5.41, 5.74) is 4.07. The highest BCUT2D eigenvalue weighted by Crippen LogP contribution is 2.28. The first-order valence-corrected chi connectivity index (χ1v) is 7.63. The van der Waals surface area contributed by atoms with Gasteiger partial charge in [-0.15, -0.1) is 0 Å². The number of rotatable bonds is 4. The third kappa shape index (κ3) is 2.67. The van der Waals surface area contributed by atoms with Gasteiger partial charge in [-0.1, -0.05) is 6.92 Å². The normalized spacial score (nSPS) is 10.9. The molecule has 0 atom stereocenters. The summed E-state index contributed by atoms with van der Waals surface area (Å²) in [7, 11) is 0. The summed E-state index contributed by atoms with van der Waals surface area (Å²) in [6, 6.07) is 5.67. The lowest BCUT2D eigenvalue weighted by Gasteiger charge is -2.06. The SMILES string of the molecule is CCOC(=O)c1c(-c2ccc(CC)nc2C)nn2cccnc12. The van der Waals surface area contributed by atoms with E-state index in [1.165, 1.54) is 0 Å². The van der Waals surface area contributed by atoms with E-state index < -0.39 is 5.97 Å². The van der Waals surface area contributed by atoms with E-state index in [9.17, 15) is 4.79 Å². The van der Waals surface area contributed by atoms with Crippen LogP contribution in [0.3, 0.4) is 0 Å². The first-order valence-electron chi connectivity index (χ1n) is 7.63. The van der Waals surface area contributed by atoms with E-state index in [0.29, 0.717) is 23.5 Å². The topological polar surface area (TPSA) is 69.4 Å². The van der Waals surface area contributed by atoms with Crippen LogP contribution in [0.2, 0.25) is 0 Å². The fourth-order valence-electron chi connectivity index (χ4n) is 2.53. The Labute approximate surface area is 134 Å². The van der Waals surface area contributed by atoms with Crippen LogP contribution in [0.5, 0.6) is 0 Å².